The van der Waals surface area contributed by atoms with E-state index in [2.05, 4.69) is 30.2 Å². The van der Waals surface area contributed by atoms with Gasteiger partial charge in [-0.3, -0.25) is 9.35 Å². The van der Waals surface area contributed by atoms with Gasteiger partial charge in [0.1, 0.15) is 30.5 Å². The van der Waals surface area contributed by atoms with E-state index in [4.69, 9.17) is 23.5 Å². The Hall–Kier alpha value is -1.16. The SMILES string of the molecule is CCCCCC/C=C\CCCCCCCCOCC(COC1OC(CO)C(O)C(OS(=O)(=O)O)C1O)OC(=O)CCCCCCCCCCCC. The standard InChI is InChI=1S/C38H72O12S/c1-3-5-7-9-11-13-15-16-17-18-20-22-24-26-28-46-30-32(48-34(40)27-25-23-21-19-14-12-10-8-6-4-2)31-47-38-36(42)37(50-51(43,44)45)35(41)33(29-39)49-38/h13,15,32-33,35-39,41-42H,3-12,14,16-31H2,1-2H3,(H,43,44,45)/b15-13-. The minimum atomic E-state index is -5.05. The highest BCUT2D eigenvalue weighted by molar-refractivity contribution is 7.80. The summed E-state index contributed by atoms with van der Waals surface area (Å²) in [4.78, 5) is 12.7. The number of ether oxygens (including phenoxy) is 4. The molecule has 0 spiro atoms. The molecule has 0 aromatic rings. The van der Waals surface area contributed by atoms with Gasteiger partial charge in [0.25, 0.3) is 0 Å². The first kappa shape index (κ1) is 47.9. The van der Waals surface area contributed by atoms with Gasteiger partial charge in [-0.1, -0.05) is 129 Å². The third kappa shape index (κ3) is 25.5. The molecule has 0 bridgehead atoms. The smallest absolute Gasteiger partial charge is 0.397 e. The van der Waals surface area contributed by atoms with E-state index >= 15 is 0 Å². The highest BCUT2D eigenvalue weighted by Crippen LogP contribution is 2.26. The van der Waals surface area contributed by atoms with Gasteiger partial charge in [-0.15, -0.1) is 0 Å². The Morgan fingerprint density at radius 3 is 1.78 bits per heavy atom. The van der Waals surface area contributed by atoms with Crippen LogP contribution in [0.2, 0.25) is 0 Å². The Morgan fingerprint density at radius 2 is 1.24 bits per heavy atom. The first-order valence-electron chi connectivity index (χ1n) is 19.9. The molecule has 1 fully saturated rings. The summed E-state index contributed by atoms with van der Waals surface area (Å²) in [5, 5.41) is 30.5. The predicted molar refractivity (Wildman–Crippen MR) is 198 cm³/mol. The highest BCUT2D eigenvalue weighted by atomic mass is 32.3. The molecule has 0 aromatic carbocycles. The van der Waals surface area contributed by atoms with E-state index in [1.165, 1.54) is 89.9 Å². The quantitative estimate of drug-likeness (QED) is 0.0227. The van der Waals surface area contributed by atoms with Crippen LogP contribution in [0.15, 0.2) is 12.2 Å². The van der Waals surface area contributed by atoms with Crippen molar-refractivity contribution >= 4 is 16.4 Å². The monoisotopic (exact) mass is 752 g/mol. The second kappa shape index (κ2) is 31.2. The van der Waals surface area contributed by atoms with E-state index in [9.17, 15) is 28.5 Å². The number of hydrogen-bond acceptors (Lipinski definition) is 11. The van der Waals surface area contributed by atoms with E-state index in [0.29, 0.717) is 13.0 Å². The van der Waals surface area contributed by atoms with Gasteiger partial charge in [0.2, 0.25) is 0 Å². The van der Waals surface area contributed by atoms with Crippen molar-refractivity contribution in [2.24, 2.45) is 0 Å². The van der Waals surface area contributed by atoms with Gasteiger partial charge in [-0.25, -0.2) is 4.18 Å². The van der Waals surface area contributed by atoms with E-state index in [0.717, 1.165) is 44.9 Å². The molecule has 6 atom stereocenters. The Balaban J connectivity index is 2.49. The van der Waals surface area contributed by atoms with Crippen LogP contribution in [-0.2, 0) is 38.3 Å². The lowest BCUT2D eigenvalue weighted by Crippen LogP contribution is -2.60. The summed E-state index contributed by atoms with van der Waals surface area (Å²) < 4.78 is 58.8. The number of aliphatic hydroxyl groups excluding tert-OH is 3. The first-order valence-corrected chi connectivity index (χ1v) is 21.3. The summed E-state index contributed by atoms with van der Waals surface area (Å²) in [6.45, 7) is 3.94. The first-order chi connectivity index (χ1) is 24.6. The Kier molecular flexibility index (Phi) is 29.3. The second-order valence-corrected chi connectivity index (χ2v) is 14.9. The van der Waals surface area contributed by atoms with Crippen LogP contribution >= 0.6 is 0 Å². The third-order valence-electron chi connectivity index (χ3n) is 9.14. The van der Waals surface area contributed by atoms with Gasteiger partial charge < -0.3 is 34.3 Å². The fourth-order valence-corrected chi connectivity index (χ4v) is 6.59. The van der Waals surface area contributed by atoms with E-state index in [1.54, 1.807) is 0 Å². The van der Waals surface area contributed by atoms with Gasteiger partial charge in [0, 0.05) is 13.0 Å². The normalized spacial score (nSPS) is 21.7. The van der Waals surface area contributed by atoms with Crippen molar-refractivity contribution in [3.05, 3.63) is 12.2 Å². The number of carbonyl (C=O) groups excluding carboxylic acids is 1. The summed E-state index contributed by atoms with van der Waals surface area (Å²) in [6, 6.07) is 0. The second-order valence-electron chi connectivity index (χ2n) is 13.9. The fraction of sp³-hybridized carbons (Fsp3) is 0.921. The van der Waals surface area contributed by atoms with Gasteiger partial charge in [-0.2, -0.15) is 8.42 Å². The maximum atomic E-state index is 12.7. The summed E-state index contributed by atoms with van der Waals surface area (Å²) in [5.41, 5.74) is 0. The molecule has 0 saturated carbocycles. The van der Waals surface area contributed by atoms with Crippen LogP contribution in [0.4, 0.5) is 0 Å². The summed E-state index contributed by atoms with van der Waals surface area (Å²) in [6.07, 6.45) is 21.1. The lowest BCUT2D eigenvalue weighted by molar-refractivity contribution is -0.301. The number of allylic oxidation sites excluding steroid dienone is 2. The average molecular weight is 753 g/mol. The van der Waals surface area contributed by atoms with E-state index in [1.807, 2.05) is 0 Å². The molecule has 12 nitrogen and oxygen atoms in total. The maximum absolute atomic E-state index is 12.7. The Labute approximate surface area is 308 Å². The van der Waals surface area contributed by atoms with Crippen LogP contribution in [0.25, 0.3) is 0 Å². The van der Waals surface area contributed by atoms with Crippen molar-refractivity contribution in [3.63, 3.8) is 0 Å². The number of esters is 1. The van der Waals surface area contributed by atoms with Crippen LogP contribution in [0.1, 0.15) is 162 Å². The molecule has 51 heavy (non-hydrogen) atoms. The molecule has 0 amide bonds. The predicted octanol–water partition coefficient (Wildman–Crippen LogP) is 7.13. The number of hydrogen-bond donors (Lipinski definition) is 4. The zero-order valence-corrected chi connectivity index (χ0v) is 32.5. The van der Waals surface area contributed by atoms with Crippen molar-refractivity contribution in [2.45, 2.75) is 198 Å². The Bertz CT molecular complexity index is 963. The lowest BCUT2D eigenvalue weighted by atomic mass is 9.99. The van der Waals surface area contributed by atoms with Crippen LogP contribution in [0.3, 0.4) is 0 Å². The molecule has 1 heterocycles. The number of carbonyl (C=O) groups is 1. The van der Waals surface area contributed by atoms with Crippen molar-refractivity contribution in [1.82, 2.24) is 0 Å². The third-order valence-corrected chi connectivity index (χ3v) is 9.60. The van der Waals surface area contributed by atoms with Crippen molar-refractivity contribution in [1.29, 1.82) is 0 Å². The fourth-order valence-electron chi connectivity index (χ4n) is 6.08. The number of rotatable bonds is 34. The maximum Gasteiger partial charge on any atom is 0.397 e. The molecule has 0 radical (unpaired) electrons. The topological polar surface area (TPSA) is 178 Å². The molecule has 13 heteroatoms. The average Bonchev–Trinajstić information content (AvgIpc) is 3.09. The van der Waals surface area contributed by atoms with Crippen molar-refractivity contribution in [3.8, 4) is 0 Å². The number of aliphatic hydroxyl groups is 3. The summed E-state index contributed by atoms with van der Waals surface area (Å²) >= 11 is 0. The molecule has 0 aromatic heterocycles. The van der Waals surface area contributed by atoms with Gasteiger partial charge >= 0.3 is 16.4 Å². The largest absolute Gasteiger partial charge is 0.457 e. The van der Waals surface area contributed by atoms with Crippen LogP contribution in [0, 0.1) is 0 Å². The molecular formula is C38H72O12S. The van der Waals surface area contributed by atoms with Crippen molar-refractivity contribution in [2.75, 3.05) is 26.4 Å². The zero-order valence-electron chi connectivity index (χ0n) is 31.7. The van der Waals surface area contributed by atoms with Crippen LogP contribution < -0.4 is 0 Å². The molecule has 302 valence electrons. The molecule has 1 aliphatic heterocycles. The minimum Gasteiger partial charge on any atom is -0.457 e. The van der Waals surface area contributed by atoms with Gasteiger partial charge in [0.05, 0.1) is 19.8 Å². The molecule has 1 aliphatic rings. The molecule has 6 unspecified atom stereocenters. The Morgan fingerprint density at radius 1 is 0.725 bits per heavy atom. The highest BCUT2D eigenvalue weighted by Gasteiger charge is 2.48. The summed E-state index contributed by atoms with van der Waals surface area (Å²) in [5.74, 6) is -0.403. The number of unbranched alkanes of at least 4 members (excludes halogenated alkanes) is 19. The molecule has 4 N–H and O–H groups in total. The van der Waals surface area contributed by atoms with Crippen LogP contribution in [0.5, 0.6) is 0 Å². The molecular weight excluding hydrogens is 680 g/mol. The van der Waals surface area contributed by atoms with Gasteiger partial charge in [0.15, 0.2) is 6.29 Å². The zero-order chi connectivity index (χ0) is 37.6. The van der Waals surface area contributed by atoms with Crippen LogP contribution in [-0.4, -0.2) is 97.5 Å². The lowest BCUT2D eigenvalue weighted by Gasteiger charge is -2.41. The summed E-state index contributed by atoms with van der Waals surface area (Å²) in [7, 11) is -5.05. The molecule has 0 aliphatic carbocycles. The minimum absolute atomic E-state index is 0.0361. The molecule has 1 saturated heterocycles. The molecule has 1 rings (SSSR count). The van der Waals surface area contributed by atoms with E-state index < -0.39 is 59.8 Å². The van der Waals surface area contributed by atoms with Crippen molar-refractivity contribution < 1.29 is 56.2 Å². The van der Waals surface area contributed by atoms with Gasteiger partial charge in [-0.05, 0) is 38.5 Å². The van der Waals surface area contributed by atoms with E-state index in [-0.39, 0.29) is 19.6 Å².